The topological polar surface area (TPSA) is 0 Å². The summed E-state index contributed by atoms with van der Waals surface area (Å²) in [5.74, 6) is 0. The molecule has 0 nitrogen and oxygen atoms in total. The molecule has 0 saturated heterocycles. The van der Waals surface area contributed by atoms with Crippen LogP contribution in [0.1, 0.15) is 13.8 Å². The second kappa shape index (κ2) is 11.0. The first-order chi connectivity index (χ1) is 13.6. The lowest BCUT2D eigenvalue weighted by atomic mass is 10.3. The van der Waals surface area contributed by atoms with E-state index in [1.807, 2.05) is 19.1 Å². The lowest BCUT2D eigenvalue weighted by Gasteiger charge is -2.35. The molecule has 0 N–H and O–H groups in total. The minimum Gasteiger partial charge on any atom is -0.0991 e. The summed E-state index contributed by atoms with van der Waals surface area (Å²) in [6.07, 6.45) is 14.8. The molecule has 28 heavy (non-hydrogen) atoms. The van der Waals surface area contributed by atoms with E-state index in [4.69, 9.17) is 0 Å². The fraction of sp³-hybridized carbons (Fsp3) is 0.0769. The van der Waals surface area contributed by atoms with Gasteiger partial charge in [-0.25, -0.2) is 0 Å². The van der Waals surface area contributed by atoms with Gasteiger partial charge in [0.1, 0.15) is 0 Å². The van der Waals surface area contributed by atoms with E-state index in [9.17, 15) is 0 Å². The number of rotatable bonds is 8. The van der Waals surface area contributed by atoms with E-state index in [0.29, 0.717) is 0 Å². The number of halogens is 1. The summed E-state index contributed by atoms with van der Waals surface area (Å²) >= 11 is 2.35. The molecule has 142 valence electrons. The minimum atomic E-state index is -2.52. The third-order valence-corrected chi connectivity index (χ3v) is 9.91. The zero-order chi connectivity index (χ0) is 20.4. The molecule has 0 fully saturated rings. The molecule has 2 heteroatoms. The number of hydrogen-bond donors (Lipinski definition) is 0. The molecule has 2 aromatic carbocycles. The monoisotopic (exact) mass is 494 g/mol. The summed E-state index contributed by atoms with van der Waals surface area (Å²) in [5, 5.41) is 5.13. The highest BCUT2D eigenvalue weighted by molar-refractivity contribution is 14.1. The van der Waals surface area contributed by atoms with Crippen LogP contribution in [0.2, 0.25) is 0 Å². The van der Waals surface area contributed by atoms with Crippen LogP contribution in [-0.4, -0.2) is 8.07 Å². The molecule has 0 unspecified atom stereocenters. The average Bonchev–Trinajstić information content (AvgIpc) is 2.74. The van der Waals surface area contributed by atoms with Crippen molar-refractivity contribution >= 4 is 41.0 Å². The molecule has 0 aromatic heterocycles. The second-order valence-corrected chi connectivity index (χ2v) is 11.9. The third kappa shape index (κ3) is 4.81. The molecule has 0 aliphatic rings. The van der Waals surface area contributed by atoms with Gasteiger partial charge in [-0.15, -0.1) is 0 Å². The molecular weight excluding hydrogens is 467 g/mol. The Morgan fingerprint density at radius 1 is 0.786 bits per heavy atom. The predicted octanol–water partition coefficient (Wildman–Crippen LogP) is 6.47. The molecule has 2 rings (SSSR count). The van der Waals surface area contributed by atoms with Crippen LogP contribution in [0.3, 0.4) is 0 Å². The second-order valence-electron chi connectivity index (χ2n) is 6.41. The Labute approximate surface area is 184 Å². The summed E-state index contributed by atoms with van der Waals surface area (Å²) in [6.45, 7) is 12.6. The Bertz CT molecular complexity index is 872. The first-order valence-electron chi connectivity index (χ1n) is 9.35. The van der Waals surface area contributed by atoms with Crippen LogP contribution in [0.4, 0.5) is 0 Å². The molecule has 0 spiro atoms. The van der Waals surface area contributed by atoms with Crippen LogP contribution < -0.4 is 10.4 Å². The molecule has 0 bridgehead atoms. The minimum absolute atomic E-state index is 1.23. The summed E-state index contributed by atoms with van der Waals surface area (Å²) in [6, 6.07) is 21.6. The Kier molecular flexibility index (Phi) is 8.67. The zero-order valence-corrected chi connectivity index (χ0v) is 19.8. The van der Waals surface area contributed by atoms with E-state index >= 15 is 0 Å². The van der Waals surface area contributed by atoms with Gasteiger partial charge in [0.15, 0.2) is 8.07 Å². The van der Waals surface area contributed by atoms with Gasteiger partial charge in [0.25, 0.3) is 0 Å². The van der Waals surface area contributed by atoms with Gasteiger partial charge in [0.2, 0.25) is 0 Å². The summed E-state index contributed by atoms with van der Waals surface area (Å²) in [5.41, 5.74) is 0. The molecule has 0 saturated carbocycles. The maximum absolute atomic E-state index is 4.21. The van der Waals surface area contributed by atoms with Crippen molar-refractivity contribution in [3.8, 4) is 0 Å². The Balaban J connectivity index is 3.03. The van der Waals surface area contributed by atoms with E-state index in [1.54, 1.807) is 0 Å². The number of allylic oxidation sites excluding steroid dienone is 10. The third-order valence-electron chi connectivity index (χ3n) is 4.68. The Morgan fingerprint density at radius 3 is 1.64 bits per heavy atom. The van der Waals surface area contributed by atoms with E-state index in [2.05, 4.69) is 134 Å². The van der Waals surface area contributed by atoms with E-state index < -0.39 is 8.07 Å². The van der Waals surface area contributed by atoms with Crippen molar-refractivity contribution in [2.24, 2.45) is 0 Å². The smallest absolute Gasteiger partial charge is 0.0991 e. The first kappa shape index (κ1) is 22.1. The van der Waals surface area contributed by atoms with Crippen molar-refractivity contribution < 1.29 is 0 Å². The molecule has 0 aliphatic heterocycles. The van der Waals surface area contributed by atoms with Crippen LogP contribution in [0.5, 0.6) is 0 Å². The van der Waals surface area contributed by atoms with Crippen molar-refractivity contribution in [3.63, 3.8) is 0 Å². The van der Waals surface area contributed by atoms with Gasteiger partial charge in [-0.3, -0.25) is 0 Å². The summed E-state index contributed by atoms with van der Waals surface area (Å²) < 4.78 is 1.23. The summed E-state index contributed by atoms with van der Waals surface area (Å²) in [7, 11) is -2.52. The van der Waals surface area contributed by atoms with Gasteiger partial charge in [0.05, 0.1) is 0 Å². The van der Waals surface area contributed by atoms with Crippen molar-refractivity contribution in [1.29, 1.82) is 0 Å². The van der Waals surface area contributed by atoms with Gasteiger partial charge >= 0.3 is 0 Å². The Morgan fingerprint density at radius 2 is 1.25 bits per heavy atom. The maximum Gasteiger partial charge on any atom is 0.179 e. The highest BCUT2D eigenvalue weighted by atomic mass is 127. The molecule has 0 heterocycles. The normalized spacial score (nSPS) is 13.6. The standard InChI is InChI=1S/C26H27ISi/c1-5-8-15-23(6-2)28(25-16-11-9-12-17-25,26-18-13-10-14-19-26)24(7-3)21-20-22(4)27/h5-21H,2-3H2,1,4H3/b8-5-,22-20+,23-15+,24-21+. The Hall–Kier alpha value is -2.17. The lowest BCUT2D eigenvalue weighted by molar-refractivity contribution is 1.61. The highest BCUT2D eigenvalue weighted by Gasteiger charge is 2.42. The van der Waals surface area contributed by atoms with Gasteiger partial charge in [0, 0.05) is 0 Å². The molecule has 0 aliphatic carbocycles. The molecule has 2 aromatic rings. The van der Waals surface area contributed by atoms with Gasteiger partial charge in [-0.2, -0.15) is 0 Å². The van der Waals surface area contributed by atoms with E-state index in [-0.39, 0.29) is 0 Å². The quantitative estimate of drug-likeness (QED) is 0.224. The van der Waals surface area contributed by atoms with Gasteiger partial charge < -0.3 is 0 Å². The predicted molar refractivity (Wildman–Crippen MR) is 137 cm³/mol. The van der Waals surface area contributed by atoms with E-state index in [0.717, 1.165) is 0 Å². The van der Waals surface area contributed by atoms with Crippen LogP contribution in [0, 0.1) is 0 Å². The largest absolute Gasteiger partial charge is 0.179 e. The fourth-order valence-electron chi connectivity index (χ4n) is 3.47. The van der Waals surface area contributed by atoms with Crippen LogP contribution >= 0.6 is 22.6 Å². The van der Waals surface area contributed by atoms with Crippen LogP contribution in [0.15, 0.2) is 130 Å². The van der Waals surface area contributed by atoms with E-state index in [1.165, 1.54) is 24.3 Å². The van der Waals surface area contributed by atoms with Crippen molar-refractivity contribution in [2.75, 3.05) is 0 Å². The SMILES string of the molecule is C=C/C(=C\C=C/C)[Si](/C(C=C)=C/C=C(\C)I)(c1ccccc1)c1ccccc1. The maximum atomic E-state index is 4.21. The molecule has 0 radical (unpaired) electrons. The zero-order valence-electron chi connectivity index (χ0n) is 16.6. The van der Waals surface area contributed by atoms with Gasteiger partial charge in [-0.1, -0.05) is 116 Å². The lowest BCUT2D eigenvalue weighted by Crippen LogP contribution is -2.61. The number of hydrogen-bond acceptors (Lipinski definition) is 0. The van der Waals surface area contributed by atoms with Crippen molar-refractivity contribution in [3.05, 3.63) is 130 Å². The summed E-state index contributed by atoms with van der Waals surface area (Å²) in [4.78, 5) is 0. The molecular formula is C26H27ISi. The van der Waals surface area contributed by atoms with Crippen molar-refractivity contribution in [1.82, 2.24) is 0 Å². The molecule has 0 atom stereocenters. The van der Waals surface area contributed by atoms with Crippen molar-refractivity contribution in [2.45, 2.75) is 13.8 Å². The fourth-order valence-corrected chi connectivity index (χ4v) is 8.33. The highest BCUT2D eigenvalue weighted by Crippen LogP contribution is 2.27. The number of benzene rings is 2. The first-order valence-corrected chi connectivity index (χ1v) is 12.4. The van der Waals surface area contributed by atoms with Crippen LogP contribution in [-0.2, 0) is 0 Å². The van der Waals surface area contributed by atoms with Gasteiger partial charge in [-0.05, 0) is 60.8 Å². The molecule has 0 amide bonds. The van der Waals surface area contributed by atoms with Crippen LogP contribution in [0.25, 0.3) is 0 Å². The average molecular weight is 494 g/mol.